The van der Waals surface area contributed by atoms with E-state index in [4.69, 9.17) is 15.9 Å². The number of aromatic nitrogens is 3. The van der Waals surface area contributed by atoms with Crippen molar-refractivity contribution < 1.29 is 4.74 Å². The van der Waals surface area contributed by atoms with E-state index in [1.165, 1.54) is 12.5 Å². The normalized spacial score (nSPS) is 10.8. The third kappa shape index (κ3) is 3.49. The summed E-state index contributed by atoms with van der Waals surface area (Å²) in [6.45, 7) is 0. The second-order valence-corrected chi connectivity index (χ2v) is 7.10. The van der Waals surface area contributed by atoms with Crippen molar-refractivity contribution in [2.24, 2.45) is 0 Å². The number of hydrogen-bond donors (Lipinski definition) is 4. The van der Waals surface area contributed by atoms with Gasteiger partial charge in [-0.1, -0.05) is 30.0 Å². The van der Waals surface area contributed by atoms with Crippen LogP contribution in [0.1, 0.15) is 5.56 Å². The fourth-order valence-corrected chi connectivity index (χ4v) is 3.69. The number of nitrogens with zero attached hydrogens (tertiary/aromatic N) is 2. The summed E-state index contributed by atoms with van der Waals surface area (Å²) in [5.74, 6) is 1.21. The van der Waals surface area contributed by atoms with Crippen LogP contribution in [0.5, 0.6) is 5.75 Å². The van der Waals surface area contributed by atoms with Crippen LogP contribution in [0, 0.1) is 5.41 Å². The molecule has 0 unspecified atom stereocenters. The van der Waals surface area contributed by atoms with Crippen LogP contribution in [-0.4, -0.2) is 28.3 Å². The van der Waals surface area contributed by atoms with Gasteiger partial charge in [-0.15, -0.1) is 0 Å². The van der Waals surface area contributed by atoms with Crippen molar-refractivity contribution in [2.45, 2.75) is 9.92 Å². The lowest BCUT2D eigenvalue weighted by molar-refractivity contribution is 0.417. The third-order valence-electron chi connectivity index (χ3n) is 4.19. The van der Waals surface area contributed by atoms with E-state index >= 15 is 0 Å². The number of anilines is 3. The molecule has 4 rings (SSSR count). The fourth-order valence-electron chi connectivity index (χ4n) is 2.82. The summed E-state index contributed by atoms with van der Waals surface area (Å²) in [5.41, 5.74) is 8.43. The quantitative estimate of drug-likeness (QED) is 0.286. The number of hydrogen-bond acceptors (Lipinski definition) is 7. The first kappa shape index (κ1) is 17.9. The summed E-state index contributed by atoms with van der Waals surface area (Å²) in [4.78, 5) is 13.2. The molecule has 0 aliphatic heterocycles. The van der Waals surface area contributed by atoms with Gasteiger partial charge in [-0.25, -0.2) is 9.97 Å². The molecule has 0 bridgehead atoms. The van der Waals surface area contributed by atoms with Gasteiger partial charge < -0.3 is 26.2 Å². The maximum Gasteiger partial charge on any atom is 0.144 e. The van der Waals surface area contributed by atoms with E-state index in [9.17, 15) is 0 Å². The summed E-state index contributed by atoms with van der Waals surface area (Å²) < 4.78 is 5.42. The van der Waals surface area contributed by atoms with Crippen LogP contribution >= 0.6 is 11.8 Å². The van der Waals surface area contributed by atoms with Crippen molar-refractivity contribution in [3.05, 3.63) is 60.4 Å². The summed E-state index contributed by atoms with van der Waals surface area (Å²) in [6.07, 6.45) is 2.71. The Bertz CT molecular complexity index is 1140. The Morgan fingerprint density at radius 3 is 2.75 bits per heavy atom. The standard InChI is InChI=1S/C20H18N6OS/c1-27-17-9-15(22)12(10-21)7-16(17)25-19-14-8-18(26-20(14)24-11-23-19)28-13-5-3-2-4-6-13/h2-11,21H,22H2,1H3,(H2,23,24,25,26). The second kappa shape index (κ2) is 7.61. The van der Waals surface area contributed by atoms with Crippen LogP contribution in [0.2, 0.25) is 0 Å². The van der Waals surface area contributed by atoms with Crippen LogP contribution in [0.3, 0.4) is 0 Å². The zero-order chi connectivity index (χ0) is 19.5. The first-order valence-electron chi connectivity index (χ1n) is 8.49. The minimum absolute atomic E-state index is 0.480. The maximum absolute atomic E-state index is 7.52. The lowest BCUT2D eigenvalue weighted by Crippen LogP contribution is -2.01. The van der Waals surface area contributed by atoms with Crippen LogP contribution in [-0.2, 0) is 0 Å². The lowest BCUT2D eigenvalue weighted by Gasteiger charge is -2.13. The molecule has 28 heavy (non-hydrogen) atoms. The zero-order valence-corrected chi connectivity index (χ0v) is 15.9. The van der Waals surface area contributed by atoms with E-state index in [-0.39, 0.29) is 0 Å². The molecule has 0 aliphatic carbocycles. The molecular weight excluding hydrogens is 372 g/mol. The van der Waals surface area contributed by atoms with E-state index in [2.05, 4.69) is 32.4 Å². The SMILES string of the molecule is COc1cc(N)c(C=N)cc1Nc1ncnc2[nH]c(Sc3ccccc3)cc12. The number of nitrogens with one attached hydrogen (secondary N) is 3. The van der Waals surface area contributed by atoms with Crippen molar-refractivity contribution in [2.75, 3.05) is 18.2 Å². The monoisotopic (exact) mass is 390 g/mol. The molecule has 8 heteroatoms. The molecule has 0 atom stereocenters. The average molecular weight is 390 g/mol. The van der Waals surface area contributed by atoms with Gasteiger partial charge in [0.05, 0.1) is 23.2 Å². The molecule has 0 amide bonds. The summed E-state index contributed by atoms with van der Waals surface area (Å²) in [7, 11) is 1.57. The van der Waals surface area contributed by atoms with Gasteiger partial charge in [0.15, 0.2) is 0 Å². The number of rotatable bonds is 6. The number of aromatic amines is 1. The van der Waals surface area contributed by atoms with Crippen LogP contribution < -0.4 is 15.8 Å². The molecule has 0 fully saturated rings. The van der Waals surface area contributed by atoms with Gasteiger partial charge >= 0.3 is 0 Å². The van der Waals surface area contributed by atoms with E-state index in [1.54, 1.807) is 31.0 Å². The van der Waals surface area contributed by atoms with Gasteiger partial charge in [-0.2, -0.15) is 0 Å². The van der Waals surface area contributed by atoms with Gasteiger partial charge in [-0.05, 0) is 24.3 Å². The predicted molar refractivity (Wildman–Crippen MR) is 113 cm³/mol. The van der Waals surface area contributed by atoms with Crippen LogP contribution in [0.4, 0.5) is 17.2 Å². The topological polar surface area (TPSA) is 113 Å². The first-order chi connectivity index (χ1) is 13.7. The fraction of sp³-hybridized carbons (Fsp3) is 0.0500. The molecule has 5 N–H and O–H groups in total. The van der Waals surface area contributed by atoms with Gasteiger partial charge in [0, 0.05) is 28.4 Å². The van der Waals surface area contributed by atoms with Crippen molar-refractivity contribution in [1.82, 2.24) is 15.0 Å². The summed E-state index contributed by atoms with van der Waals surface area (Å²) >= 11 is 1.62. The Balaban J connectivity index is 1.71. The molecule has 140 valence electrons. The minimum Gasteiger partial charge on any atom is -0.494 e. The molecular formula is C20H18N6OS. The average Bonchev–Trinajstić information content (AvgIpc) is 3.13. The number of benzene rings is 2. The highest BCUT2D eigenvalue weighted by Crippen LogP contribution is 2.35. The number of ether oxygens (including phenoxy) is 1. The van der Waals surface area contributed by atoms with Crippen molar-refractivity contribution in [1.29, 1.82) is 5.41 Å². The van der Waals surface area contributed by atoms with E-state index in [0.29, 0.717) is 28.5 Å². The molecule has 2 aromatic carbocycles. The van der Waals surface area contributed by atoms with E-state index in [0.717, 1.165) is 21.0 Å². The predicted octanol–water partition coefficient (Wildman–Crippen LogP) is 4.44. The van der Waals surface area contributed by atoms with Crippen molar-refractivity contribution >= 4 is 46.2 Å². The maximum atomic E-state index is 7.52. The largest absolute Gasteiger partial charge is 0.494 e. The smallest absolute Gasteiger partial charge is 0.144 e. The third-order valence-corrected chi connectivity index (χ3v) is 5.13. The van der Waals surface area contributed by atoms with E-state index in [1.807, 2.05) is 24.3 Å². The highest BCUT2D eigenvalue weighted by molar-refractivity contribution is 7.99. The van der Waals surface area contributed by atoms with Crippen molar-refractivity contribution in [3.8, 4) is 5.75 Å². The molecule has 0 aliphatic rings. The van der Waals surface area contributed by atoms with Gasteiger partial charge in [0.25, 0.3) is 0 Å². The highest BCUT2D eigenvalue weighted by Gasteiger charge is 2.13. The molecule has 2 aromatic heterocycles. The highest BCUT2D eigenvalue weighted by atomic mass is 32.2. The first-order valence-corrected chi connectivity index (χ1v) is 9.31. The minimum atomic E-state index is 0.480. The zero-order valence-electron chi connectivity index (χ0n) is 15.1. The number of fused-ring (bicyclic) bond motifs is 1. The Morgan fingerprint density at radius 2 is 2.00 bits per heavy atom. The molecule has 2 heterocycles. The summed E-state index contributed by atoms with van der Waals surface area (Å²) in [5, 5.41) is 12.6. The second-order valence-electron chi connectivity index (χ2n) is 5.98. The Kier molecular flexibility index (Phi) is 4.86. The van der Waals surface area contributed by atoms with E-state index < -0.39 is 0 Å². The van der Waals surface area contributed by atoms with Gasteiger partial charge in [0.1, 0.15) is 23.5 Å². The number of H-pyrrole nitrogens is 1. The molecule has 0 radical (unpaired) electrons. The van der Waals surface area contributed by atoms with Gasteiger partial charge in [0.2, 0.25) is 0 Å². The molecule has 7 nitrogen and oxygen atoms in total. The Hall–Kier alpha value is -3.52. The molecule has 0 saturated carbocycles. The number of nitrogen functional groups attached to an aromatic ring is 1. The number of methoxy groups -OCH3 is 1. The van der Waals surface area contributed by atoms with Gasteiger partial charge in [-0.3, -0.25) is 0 Å². The Morgan fingerprint density at radius 1 is 1.18 bits per heavy atom. The summed E-state index contributed by atoms with van der Waals surface area (Å²) in [6, 6.07) is 15.6. The van der Waals surface area contributed by atoms with Crippen LogP contribution in [0.15, 0.2) is 64.8 Å². The molecule has 0 spiro atoms. The lowest BCUT2D eigenvalue weighted by atomic mass is 10.1. The van der Waals surface area contributed by atoms with Crippen molar-refractivity contribution in [3.63, 3.8) is 0 Å². The Labute approximate surface area is 165 Å². The molecule has 4 aromatic rings. The molecule has 0 saturated heterocycles. The number of nitrogens with two attached hydrogens (primary N) is 1. The van der Waals surface area contributed by atoms with Crippen LogP contribution in [0.25, 0.3) is 11.0 Å².